The average molecular weight is 158 g/mol. The van der Waals surface area contributed by atoms with Gasteiger partial charge in [-0.2, -0.15) is 0 Å². The maximum Gasteiger partial charge on any atom is 0.113 e. The third-order valence-corrected chi connectivity index (χ3v) is 0.714. The van der Waals surface area contributed by atoms with Gasteiger partial charge in [-0.1, -0.05) is 0 Å². The van der Waals surface area contributed by atoms with Crippen LogP contribution in [0, 0.1) is 0 Å². The van der Waals surface area contributed by atoms with Crippen molar-refractivity contribution in [3.05, 3.63) is 0 Å². The fourth-order valence-corrected chi connectivity index (χ4v) is 0.342. The van der Waals surface area contributed by atoms with Crippen molar-refractivity contribution < 1.29 is 9.13 Å². The lowest BCUT2D eigenvalue weighted by Crippen LogP contribution is -2.05. The number of alkyl halides is 1. The van der Waals surface area contributed by atoms with Gasteiger partial charge in [-0.3, -0.25) is 0 Å². The van der Waals surface area contributed by atoms with Crippen LogP contribution in [0.1, 0.15) is 6.42 Å². The Balaban J connectivity index is 0. The van der Waals surface area contributed by atoms with Gasteiger partial charge in [0.15, 0.2) is 0 Å². The van der Waals surface area contributed by atoms with Gasteiger partial charge in [-0.15, -0.1) is 12.4 Å². The highest BCUT2D eigenvalue weighted by Crippen LogP contribution is 1.78. The molecule has 0 fully saturated rings. The second-order valence-corrected chi connectivity index (χ2v) is 1.44. The largest absolute Gasteiger partial charge is 0.379 e. The molecule has 0 rings (SSSR count). The molecule has 9 heavy (non-hydrogen) atoms. The van der Waals surface area contributed by atoms with Crippen molar-refractivity contribution in [1.29, 1.82) is 0 Å². The van der Waals surface area contributed by atoms with E-state index in [2.05, 4.69) is 0 Å². The van der Waals surface area contributed by atoms with Crippen molar-refractivity contribution in [2.24, 2.45) is 5.73 Å². The zero-order valence-corrected chi connectivity index (χ0v) is 6.12. The molecule has 0 aromatic carbocycles. The number of rotatable bonds is 5. The first-order chi connectivity index (χ1) is 3.91. The van der Waals surface area contributed by atoms with Gasteiger partial charge in [-0.05, 0) is 13.0 Å². The van der Waals surface area contributed by atoms with Crippen LogP contribution in [0.4, 0.5) is 4.39 Å². The Hall–Kier alpha value is 0.140. The van der Waals surface area contributed by atoms with Crippen molar-refractivity contribution >= 4 is 12.4 Å². The summed E-state index contributed by atoms with van der Waals surface area (Å²) in [6.07, 6.45) is 0.819. The first-order valence-electron chi connectivity index (χ1n) is 2.75. The second-order valence-electron chi connectivity index (χ2n) is 1.44. The minimum absolute atomic E-state index is 0. The summed E-state index contributed by atoms with van der Waals surface area (Å²) < 4.78 is 16.0. The third-order valence-electron chi connectivity index (χ3n) is 0.714. The minimum Gasteiger partial charge on any atom is -0.379 e. The molecule has 0 amide bonds. The lowest BCUT2D eigenvalue weighted by molar-refractivity contribution is 0.118. The normalized spacial score (nSPS) is 8.67. The van der Waals surface area contributed by atoms with E-state index in [9.17, 15) is 4.39 Å². The Labute approximate surface area is 61.0 Å². The number of halogens is 2. The smallest absolute Gasteiger partial charge is 0.113 e. The molecule has 0 heterocycles. The minimum atomic E-state index is -0.398. The summed E-state index contributed by atoms with van der Waals surface area (Å²) in [4.78, 5) is 0. The van der Waals surface area contributed by atoms with Crippen molar-refractivity contribution in [3.8, 4) is 0 Å². The molecule has 0 saturated carbocycles. The molecule has 4 heteroatoms. The van der Waals surface area contributed by atoms with E-state index in [0.717, 1.165) is 6.42 Å². The highest BCUT2D eigenvalue weighted by atomic mass is 35.5. The predicted molar refractivity (Wildman–Crippen MR) is 37.7 cm³/mol. The van der Waals surface area contributed by atoms with Crippen LogP contribution in [0.25, 0.3) is 0 Å². The molecular formula is C5H13ClFNO. The van der Waals surface area contributed by atoms with Gasteiger partial charge < -0.3 is 10.5 Å². The molecule has 0 atom stereocenters. The quantitative estimate of drug-likeness (QED) is 0.598. The number of ether oxygens (including phenoxy) is 1. The van der Waals surface area contributed by atoms with Crippen LogP contribution in [0.5, 0.6) is 0 Å². The van der Waals surface area contributed by atoms with Crippen LogP contribution in [0.15, 0.2) is 0 Å². The molecule has 58 valence electrons. The first kappa shape index (κ1) is 11.9. The van der Waals surface area contributed by atoms with Gasteiger partial charge >= 0.3 is 0 Å². The number of hydrogen-bond acceptors (Lipinski definition) is 2. The zero-order chi connectivity index (χ0) is 6.24. The summed E-state index contributed by atoms with van der Waals surface area (Å²) in [5.74, 6) is 0. The van der Waals surface area contributed by atoms with E-state index in [1.165, 1.54) is 0 Å². The van der Waals surface area contributed by atoms with Crippen molar-refractivity contribution in [1.82, 2.24) is 0 Å². The standard InChI is InChI=1S/C5H12FNO.ClH/c6-2-5-8-4-1-3-7;/h1-5,7H2;1H. The third kappa shape index (κ3) is 11.6. The monoisotopic (exact) mass is 157 g/mol. The van der Waals surface area contributed by atoms with E-state index in [4.69, 9.17) is 10.5 Å². The second kappa shape index (κ2) is 11.0. The molecule has 0 radical (unpaired) electrons. The molecule has 0 aliphatic heterocycles. The molecule has 0 saturated heterocycles. The Morgan fingerprint density at radius 3 is 2.44 bits per heavy atom. The van der Waals surface area contributed by atoms with Crippen LogP contribution in [0.3, 0.4) is 0 Å². The Morgan fingerprint density at radius 2 is 2.00 bits per heavy atom. The maximum atomic E-state index is 11.3. The summed E-state index contributed by atoms with van der Waals surface area (Å²) in [6, 6.07) is 0. The lowest BCUT2D eigenvalue weighted by Gasteiger charge is -1.96. The Bertz CT molecular complexity index is 41.9. The summed E-state index contributed by atoms with van der Waals surface area (Å²) in [7, 11) is 0. The average Bonchev–Trinajstić information content (AvgIpc) is 1.81. The van der Waals surface area contributed by atoms with Gasteiger partial charge in [-0.25, -0.2) is 4.39 Å². The first-order valence-corrected chi connectivity index (χ1v) is 2.75. The van der Waals surface area contributed by atoms with Gasteiger partial charge in [0.25, 0.3) is 0 Å². The number of nitrogens with two attached hydrogens (primary N) is 1. The van der Waals surface area contributed by atoms with E-state index in [0.29, 0.717) is 13.2 Å². The zero-order valence-electron chi connectivity index (χ0n) is 5.31. The molecule has 0 aliphatic rings. The highest BCUT2D eigenvalue weighted by molar-refractivity contribution is 5.85. The van der Waals surface area contributed by atoms with Gasteiger partial charge in [0, 0.05) is 6.61 Å². The fourth-order valence-electron chi connectivity index (χ4n) is 0.342. The summed E-state index contributed by atoms with van der Waals surface area (Å²) in [5.41, 5.74) is 5.14. The molecule has 0 aliphatic carbocycles. The lowest BCUT2D eigenvalue weighted by atomic mass is 10.5. The Kier molecular flexibility index (Phi) is 14.5. The molecule has 0 bridgehead atoms. The van der Waals surface area contributed by atoms with E-state index < -0.39 is 6.67 Å². The van der Waals surface area contributed by atoms with Crippen molar-refractivity contribution in [2.45, 2.75) is 6.42 Å². The van der Waals surface area contributed by atoms with E-state index >= 15 is 0 Å². The topological polar surface area (TPSA) is 35.2 Å². The summed E-state index contributed by atoms with van der Waals surface area (Å²) in [6.45, 7) is 1.01. The van der Waals surface area contributed by atoms with E-state index in [-0.39, 0.29) is 19.0 Å². The van der Waals surface area contributed by atoms with Gasteiger partial charge in [0.2, 0.25) is 0 Å². The van der Waals surface area contributed by atoms with E-state index in [1.807, 2.05) is 0 Å². The van der Waals surface area contributed by atoms with Gasteiger partial charge in [0.1, 0.15) is 6.67 Å². The van der Waals surface area contributed by atoms with Crippen LogP contribution in [-0.2, 0) is 4.74 Å². The molecule has 0 aromatic rings. The van der Waals surface area contributed by atoms with Crippen molar-refractivity contribution in [3.63, 3.8) is 0 Å². The maximum absolute atomic E-state index is 11.3. The van der Waals surface area contributed by atoms with E-state index in [1.54, 1.807) is 0 Å². The van der Waals surface area contributed by atoms with Crippen LogP contribution < -0.4 is 5.73 Å². The molecular weight excluding hydrogens is 145 g/mol. The SMILES string of the molecule is Cl.NCCCOCCF. The Morgan fingerprint density at radius 1 is 1.33 bits per heavy atom. The van der Waals surface area contributed by atoms with Gasteiger partial charge in [0.05, 0.1) is 6.61 Å². The molecule has 2 nitrogen and oxygen atoms in total. The van der Waals surface area contributed by atoms with Crippen LogP contribution in [0.2, 0.25) is 0 Å². The predicted octanol–water partition coefficient (Wildman–Crippen LogP) is 0.743. The molecule has 0 spiro atoms. The van der Waals surface area contributed by atoms with Crippen molar-refractivity contribution in [2.75, 3.05) is 26.4 Å². The van der Waals surface area contributed by atoms with Crippen LogP contribution in [-0.4, -0.2) is 26.4 Å². The number of hydrogen-bond donors (Lipinski definition) is 1. The molecule has 2 N–H and O–H groups in total. The summed E-state index contributed by atoms with van der Waals surface area (Å²) in [5, 5.41) is 0. The molecule has 0 unspecified atom stereocenters. The van der Waals surface area contributed by atoms with Crippen LogP contribution >= 0.6 is 12.4 Å². The molecule has 0 aromatic heterocycles. The highest BCUT2D eigenvalue weighted by Gasteiger charge is 1.83. The fraction of sp³-hybridized carbons (Fsp3) is 1.00. The summed E-state index contributed by atoms with van der Waals surface area (Å²) >= 11 is 0.